The van der Waals surface area contributed by atoms with Crippen molar-refractivity contribution in [2.24, 2.45) is 0 Å². The molecular weight excluding hydrogens is 490 g/mol. The third kappa shape index (κ3) is 5.05. The summed E-state index contributed by atoms with van der Waals surface area (Å²) >= 11 is 0. The topological polar surface area (TPSA) is 70.5 Å². The molecular formula is C20H10F10N2O2. The number of alkyl halides is 6. The lowest BCUT2D eigenvalue weighted by atomic mass is 10.0. The van der Waals surface area contributed by atoms with Gasteiger partial charge in [0.1, 0.15) is 28.7 Å². The highest BCUT2D eigenvalue weighted by molar-refractivity contribution is 5.55. The van der Waals surface area contributed by atoms with Crippen LogP contribution in [0.25, 0.3) is 0 Å². The van der Waals surface area contributed by atoms with Gasteiger partial charge in [-0.1, -0.05) is 0 Å². The lowest BCUT2D eigenvalue weighted by molar-refractivity contribution is -0.162. The second kappa shape index (κ2) is 8.50. The maximum Gasteiger partial charge on any atom is 0.420 e. The van der Waals surface area contributed by atoms with Crippen molar-refractivity contribution in [3.8, 4) is 23.0 Å². The average molecular weight is 500 g/mol. The van der Waals surface area contributed by atoms with Gasteiger partial charge in [-0.25, -0.2) is 17.6 Å². The molecule has 3 aromatic rings. The van der Waals surface area contributed by atoms with Gasteiger partial charge in [-0.05, 0) is 6.07 Å². The van der Waals surface area contributed by atoms with Crippen LogP contribution in [0.3, 0.4) is 0 Å². The summed E-state index contributed by atoms with van der Waals surface area (Å²) in [7, 11) is 0. The molecule has 0 bridgehead atoms. The first-order valence-corrected chi connectivity index (χ1v) is 8.75. The van der Waals surface area contributed by atoms with Crippen molar-refractivity contribution >= 4 is 11.4 Å². The van der Waals surface area contributed by atoms with E-state index in [0.717, 1.165) is 0 Å². The van der Waals surface area contributed by atoms with Gasteiger partial charge in [0.15, 0.2) is 23.1 Å². The third-order valence-electron chi connectivity index (χ3n) is 4.18. The SMILES string of the molecule is Nc1cc(F)cc(Oc2cc(Oc3cc(F)cc(N)c3F)c(C(F)(F)F)c(C(F)(F)F)c2)c1F. The molecule has 0 aliphatic rings. The second-order valence-electron chi connectivity index (χ2n) is 6.66. The number of nitrogens with two attached hydrogens (primary N) is 2. The third-order valence-corrected chi connectivity index (χ3v) is 4.18. The van der Waals surface area contributed by atoms with Gasteiger partial charge < -0.3 is 20.9 Å². The Bertz CT molecular complexity index is 1260. The number of hydrogen-bond acceptors (Lipinski definition) is 4. The van der Waals surface area contributed by atoms with Crippen molar-refractivity contribution in [3.63, 3.8) is 0 Å². The van der Waals surface area contributed by atoms with E-state index < -0.39 is 81.1 Å². The van der Waals surface area contributed by atoms with Crippen molar-refractivity contribution in [2.45, 2.75) is 12.4 Å². The Hall–Kier alpha value is -3.84. The van der Waals surface area contributed by atoms with Crippen LogP contribution in [0.5, 0.6) is 23.0 Å². The molecule has 0 radical (unpaired) electrons. The highest BCUT2D eigenvalue weighted by Crippen LogP contribution is 2.49. The molecule has 4 nitrogen and oxygen atoms in total. The van der Waals surface area contributed by atoms with E-state index in [1.807, 2.05) is 0 Å². The predicted octanol–water partition coefficient (Wildman–Crippen LogP) is 7.03. The Balaban J connectivity index is 2.26. The van der Waals surface area contributed by atoms with E-state index in [2.05, 4.69) is 4.74 Å². The van der Waals surface area contributed by atoms with E-state index in [4.69, 9.17) is 16.2 Å². The molecule has 0 saturated carbocycles. The summed E-state index contributed by atoms with van der Waals surface area (Å²) in [5, 5.41) is 0. The van der Waals surface area contributed by atoms with Crippen molar-refractivity contribution in [2.75, 3.05) is 11.5 Å². The molecule has 0 amide bonds. The number of halogens is 10. The first-order chi connectivity index (χ1) is 15.6. The van der Waals surface area contributed by atoms with E-state index in [1.54, 1.807) is 0 Å². The molecule has 0 fully saturated rings. The van der Waals surface area contributed by atoms with Crippen LogP contribution in [0, 0.1) is 23.3 Å². The van der Waals surface area contributed by atoms with Gasteiger partial charge in [-0.3, -0.25) is 0 Å². The maximum absolute atomic E-state index is 14.2. The Morgan fingerprint density at radius 1 is 0.559 bits per heavy atom. The van der Waals surface area contributed by atoms with E-state index >= 15 is 0 Å². The number of nitrogen functional groups attached to an aromatic ring is 2. The molecule has 34 heavy (non-hydrogen) atoms. The molecule has 14 heteroatoms. The Morgan fingerprint density at radius 2 is 1.03 bits per heavy atom. The summed E-state index contributed by atoms with van der Waals surface area (Å²) in [6, 6.07) is 1.60. The zero-order valence-corrected chi connectivity index (χ0v) is 16.2. The average Bonchev–Trinajstić information content (AvgIpc) is 2.67. The molecule has 3 aromatic carbocycles. The summed E-state index contributed by atoms with van der Waals surface area (Å²) < 4.78 is 146. The molecule has 0 unspecified atom stereocenters. The zero-order valence-electron chi connectivity index (χ0n) is 16.2. The largest absolute Gasteiger partial charge is 0.454 e. The van der Waals surface area contributed by atoms with Crippen LogP contribution in [0.4, 0.5) is 55.3 Å². The quantitative estimate of drug-likeness (QED) is 0.298. The molecule has 0 aliphatic carbocycles. The molecule has 182 valence electrons. The number of anilines is 2. The number of rotatable bonds is 4. The van der Waals surface area contributed by atoms with Gasteiger partial charge in [0.25, 0.3) is 0 Å². The van der Waals surface area contributed by atoms with Crippen LogP contribution in [-0.4, -0.2) is 0 Å². The molecule has 0 atom stereocenters. The van der Waals surface area contributed by atoms with Gasteiger partial charge in [0.05, 0.1) is 16.9 Å². The van der Waals surface area contributed by atoms with Crippen molar-refractivity contribution in [3.05, 3.63) is 70.8 Å². The van der Waals surface area contributed by atoms with E-state index in [0.29, 0.717) is 18.2 Å². The monoisotopic (exact) mass is 500 g/mol. The molecule has 0 aliphatic heterocycles. The number of hydrogen-bond donors (Lipinski definition) is 2. The van der Waals surface area contributed by atoms with Gasteiger partial charge >= 0.3 is 12.4 Å². The summed E-state index contributed by atoms with van der Waals surface area (Å²) in [4.78, 5) is 0. The van der Waals surface area contributed by atoms with Gasteiger partial charge in [-0.15, -0.1) is 0 Å². The maximum atomic E-state index is 14.2. The van der Waals surface area contributed by atoms with Crippen LogP contribution < -0.4 is 20.9 Å². The van der Waals surface area contributed by atoms with E-state index in [-0.39, 0.29) is 18.2 Å². The lowest BCUT2D eigenvalue weighted by Gasteiger charge is -2.21. The summed E-state index contributed by atoms with van der Waals surface area (Å²) in [6.45, 7) is 0. The molecule has 0 heterocycles. The Kier molecular flexibility index (Phi) is 6.20. The molecule has 4 N–H and O–H groups in total. The van der Waals surface area contributed by atoms with Crippen LogP contribution >= 0.6 is 0 Å². The zero-order chi connectivity index (χ0) is 25.6. The number of benzene rings is 3. The predicted molar refractivity (Wildman–Crippen MR) is 98.1 cm³/mol. The Morgan fingerprint density at radius 3 is 1.47 bits per heavy atom. The summed E-state index contributed by atoms with van der Waals surface area (Å²) in [6.07, 6.45) is -11.4. The first-order valence-electron chi connectivity index (χ1n) is 8.75. The standard InChI is InChI=1S/C20H10F10N2O2/c21-7-1-11(31)17(23)14(3-7)33-9-5-10(19(25,26)27)16(20(28,29)30)13(6-9)34-15-4-8(22)2-12(32)18(15)24/h1-6H,31-32H2. The molecule has 0 spiro atoms. The van der Waals surface area contributed by atoms with Crippen molar-refractivity contribution in [1.82, 2.24) is 0 Å². The lowest BCUT2D eigenvalue weighted by Crippen LogP contribution is -2.18. The highest BCUT2D eigenvalue weighted by atomic mass is 19.4. The molecule has 0 aromatic heterocycles. The van der Waals surface area contributed by atoms with Crippen molar-refractivity contribution in [1.29, 1.82) is 0 Å². The fourth-order valence-corrected chi connectivity index (χ4v) is 2.81. The van der Waals surface area contributed by atoms with E-state index in [9.17, 15) is 43.9 Å². The normalized spacial score (nSPS) is 12.1. The van der Waals surface area contributed by atoms with Crippen molar-refractivity contribution < 1.29 is 53.4 Å². The highest BCUT2D eigenvalue weighted by Gasteiger charge is 2.46. The minimum absolute atomic E-state index is 0.160. The summed E-state index contributed by atoms with van der Waals surface area (Å²) in [5.41, 5.74) is 3.84. The smallest absolute Gasteiger partial charge is 0.420 e. The molecule has 0 saturated heterocycles. The van der Waals surface area contributed by atoms with Gasteiger partial charge in [-0.2, -0.15) is 26.3 Å². The number of ether oxygens (including phenoxy) is 2. The van der Waals surface area contributed by atoms with Crippen LogP contribution in [0.1, 0.15) is 11.1 Å². The van der Waals surface area contributed by atoms with E-state index in [1.165, 1.54) is 0 Å². The van der Waals surface area contributed by atoms with Crippen LogP contribution in [-0.2, 0) is 12.4 Å². The minimum Gasteiger partial charge on any atom is -0.454 e. The van der Waals surface area contributed by atoms with Gasteiger partial charge in [0.2, 0.25) is 0 Å². The fraction of sp³-hybridized carbons (Fsp3) is 0.100. The second-order valence-corrected chi connectivity index (χ2v) is 6.66. The Labute approximate surface area is 183 Å². The minimum atomic E-state index is -5.72. The fourth-order valence-electron chi connectivity index (χ4n) is 2.81. The first kappa shape index (κ1) is 24.8. The summed E-state index contributed by atoms with van der Waals surface area (Å²) in [5.74, 6) is -10.6. The van der Waals surface area contributed by atoms with Gasteiger partial charge in [0, 0.05) is 30.3 Å². The van der Waals surface area contributed by atoms with Crippen LogP contribution in [0.15, 0.2) is 36.4 Å². The van der Waals surface area contributed by atoms with Crippen LogP contribution in [0.2, 0.25) is 0 Å². The molecule has 3 rings (SSSR count).